The molecule has 2 fully saturated rings. The number of aromatic nitrogens is 3. The van der Waals surface area contributed by atoms with Crippen molar-refractivity contribution in [3.63, 3.8) is 0 Å². The molecule has 1 aromatic carbocycles. The predicted octanol–water partition coefficient (Wildman–Crippen LogP) is 3.67. The maximum Gasteiger partial charge on any atom is 0.149 e. The van der Waals surface area contributed by atoms with Gasteiger partial charge in [-0.1, -0.05) is 0 Å². The minimum Gasteiger partial charge on any atom is -0.495 e. The highest BCUT2D eigenvalue weighted by atomic mass is 16.5. The quantitative estimate of drug-likeness (QED) is 0.628. The van der Waals surface area contributed by atoms with Gasteiger partial charge in [0.05, 0.1) is 38.1 Å². The van der Waals surface area contributed by atoms with Gasteiger partial charge in [0, 0.05) is 43.3 Å². The van der Waals surface area contributed by atoms with Crippen LogP contribution >= 0.6 is 0 Å². The third-order valence-electron chi connectivity index (χ3n) is 6.19. The number of nitrogens with zero attached hydrogens (tertiary/aromatic N) is 4. The predicted molar refractivity (Wildman–Crippen MR) is 124 cm³/mol. The van der Waals surface area contributed by atoms with Crippen LogP contribution in [0.3, 0.4) is 0 Å². The van der Waals surface area contributed by atoms with Crippen molar-refractivity contribution in [3.8, 4) is 11.5 Å². The molecule has 1 aliphatic carbocycles. The van der Waals surface area contributed by atoms with Gasteiger partial charge in [0.1, 0.15) is 22.8 Å². The highest BCUT2D eigenvalue weighted by Gasteiger charge is 2.24. The van der Waals surface area contributed by atoms with E-state index in [0.29, 0.717) is 6.04 Å². The second kappa shape index (κ2) is 9.56. The zero-order chi connectivity index (χ0) is 21.8. The molecule has 5 rings (SSSR count). The molecule has 8 nitrogen and oxygen atoms in total. The Morgan fingerprint density at radius 2 is 1.81 bits per heavy atom. The first kappa shape index (κ1) is 20.8. The molecular formula is C24H29N5O3. The second-order valence-corrected chi connectivity index (χ2v) is 8.29. The van der Waals surface area contributed by atoms with Crippen LogP contribution in [0.5, 0.6) is 11.5 Å². The van der Waals surface area contributed by atoms with Gasteiger partial charge in [-0.15, -0.1) is 0 Å². The Balaban J connectivity index is 1.25. The number of hydrogen-bond donors (Lipinski definition) is 1. The summed E-state index contributed by atoms with van der Waals surface area (Å²) in [5.74, 6) is 2.47. The fourth-order valence-corrected chi connectivity index (χ4v) is 4.42. The van der Waals surface area contributed by atoms with Crippen LogP contribution in [0.4, 0.5) is 11.5 Å². The van der Waals surface area contributed by atoms with Crippen molar-refractivity contribution in [2.75, 3.05) is 43.6 Å². The molecular weight excluding hydrogens is 406 g/mol. The SMILES string of the molecule is COc1ccc(N[C@H]2CC[C@@H](Oc3cc(N4CCOCC4)cc4nccnc34)CC2)nc1. The van der Waals surface area contributed by atoms with Crippen LogP contribution in [0.15, 0.2) is 42.9 Å². The standard InChI is InChI=1S/C24H29N5O3/c1-30-20-6-7-23(27-16-20)28-17-2-4-19(5-3-17)32-22-15-18(29-10-12-31-13-11-29)14-21-24(22)26-9-8-25-21/h6-9,14-17,19H,2-5,10-13H2,1H3,(H,27,28)/t17-,19+. The second-order valence-electron chi connectivity index (χ2n) is 8.29. The first-order chi connectivity index (χ1) is 15.8. The molecule has 8 heteroatoms. The van der Waals surface area contributed by atoms with E-state index in [0.717, 1.165) is 86.0 Å². The first-order valence-corrected chi connectivity index (χ1v) is 11.3. The number of nitrogens with one attached hydrogen (secondary N) is 1. The maximum absolute atomic E-state index is 6.51. The summed E-state index contributed by atoms with van der Waals surface area (Å²) in [5.41, 5.74) is 2.82. The molecule has 32 heavy (non-hydrogen) atoms. The summed E-state index contributed by atoms with van der Waals surface area (Å²) < 4.78 is 17.2. The molecule has 0 amide bonds. The summed E-state index contributed by atoms with van der Waals surface area (Å²) in [6.07, 6.45) is 9.41. The van der Waals surface area contributed by atoms with Crippen LogP contribution in [0.2, 0.25) is 0 Å². The number of ether oxygens (including phenoxy) is 3. The molecule has 1 aliphatic heterocycles. The van der Waals surface area contributed by atoms with Crippen LogP contribution in [-0.2, 0) is 4.74 Å². The normalized spacial score (nSPS) is 21.3. The Labute approximate surface area is 187 Å². The van der Waals surface area contributed by atoms with Crippen molar-refractivity contribution in [2.45, 2.75) is 37.8 Å². The molecule has 0 atom stereocenters. The van der Waals surface area contributed by atoms with Gasteiger partial charge in [0.25, 0.3) is 0 Å². The van der Waals surface area contributed by atoms with E-state index >= 15 is 0 Å². The molecule has 1 N–H and O–H groups in total. The Kier molecular flexibility index (Phi) is 6.20. The molecule has 1 saturated carbocycles. The van der Waals surface area contributed by atoms with Gasteiger partial charge in [-0.3, -0.25) is 4.98 Å². The molecule has 2 aliphatic rings. The molecule has 168 valence electrons. The minimum absolute atomic E-state index is 0.169. The highest BCUT2D eigenvalue weighted by Crippen LogP contribution is 2.33. The van der Waals surface area contributed by atoms with E-state index in [1.54, 1.807) is 25.7 Å². The van der Waals surface area contributed by atoms with Crippen molar-refractivity contribution in [3.05, 3.63) is 42.9 Å². The van der Waals surface area contributed by atoms with Crippen molar-refractivity contribution >= 4 is 22.5 Å². The summed E-state index contributed by atoms with van der Waals surface area (Å²) >= 11 is 0. The lowest BCUT2D eigenvalue weighted by Crippen LogP contribution is -2.36. The molecule has 3 aromatic rings. The zero-order valence-electron chi connectivity index (χ0n) is 18.4. The van der Waals surface area contributed by atoms with E-state index in [-0.39, 0.29) is 6.10 Å². The third-order valence-corrected chi connectivity index (χ3v) is 6.19. The Bertz CT molecular complexity index is 1030. The van der Waals surface area contributed by atoms with E-state index in [2.05, 4.69) is 37.3 Å². The van der Waals surface area contributed by atoms with E-state index in [1.165, 1.54) is 0 Å². The Morgan fingerprint density at radius 3 is 2.56 bits per heavy atom. The highest BCUT2D eigenvalue weighted by molar-refractivity contribution is 5.85. The van der Waals surface area contributed by atoms with Gasteiger partial charge in [-0.05, 0) is 43.9 Å². The summed E-state index contributed by atoms with van der Waals surface area (Å²) in [6.45, 7) is 3.24. The van der Waals surface area contributed by atoms with Gasteiger partial charge in [-0.25, -0.2) is 9.97 Å². The number of hydrogen-bond acceptors (Lipinski definition) is 8. The summed E-state index contributed by atoms with van der Waals surface area (Å²) in [7, 11) is 1.65. The van der Waals surface area contributed by atoms with Gasteiger partial charge in [0.15, 0.2) is 0 Å². The number of fused-ring (bicyclic) bond motifs is 1. The molecule has 0 bridgehead atoms. The number of rotatable bonds is 6. The largest absolute Gasteiger partial charge is 0.495 e. The molecule has 0 radical (unpaired) electrons. The van der Waals surface area contributed by atoms with Crippen LogP contribution in [0.1, 0.15) is 25.7 Å². The van der Waals surface area contributed by atoms with Crippen molar-refractivity contribution < 1.29 is 14.2 Å². The summed E-state index contributed by atoms with van der Waals surface area (Å²) in [4.78, 5) is 15.8. The van der Waals surface area contributed by atoms with Crippen molar-refractivity contribution in [1.29, 1.82) is 0 Å². The molecule has 0 unspecified atom stereocenters. The lowest BCUT2D eigenvalue weighted by atomic mass is 9.93. The van der Waals surface area contributed by atoms with E-state index in [9.17, 15) is 0 Å². The number of benzene rings is 1. The van der Waals surface area contributed by atoms with Crippen LogP contribution in [0, 0.1) is 0 Å². The average molecular weight is 436 g/mol. The summed E-state index contributed by atoms with van der Waals surface area (Å²) in [5, 5.41) is 3.54. The van der Waals surface area contributed by atoms with Gasteiger partial charge < -0.3 is 24.4 Å². The smallest absolute Gasteiger partial charge is 0.149 e. The van der Waals surface area contributed by atoms with Crippen LogP contribution in [-0.4, -0.2) is 60.5 Å². The Hall–Kier alpha value is -3.13. The van der Waals surface area contributed by atoms with Gasteiger partial charge >= 0.3 is 0 Å². The molecule has 3 heterocycles. The fourth-order valence-electron chi connectivity index (χ4n) is 4.42. The van der Waals surface area contributed by atoms with Crippen molar-refractivity contribution in [1.82, 2.24) is 15.0 Å². The topological polar surface area (TPSA) is 81.6 Å². The zero-order valence-corrected chi connectivity index (χ0v) is 18.4. The van der Waals surface area contributed by atoms with Gasteiger partial charge in [0.2, 0.25) is 0 Å². The number of pyridine rings is 1. The fraction of sp³-hybridized carbons (Fsp3) is 0.458. The van der Waals surface area contributed by atoms with Crippen LogP contribution in [0.25, 0.3) is 11.0 Å². The lowest BCUT2D eigenvalue weighted by Gasteiger charge is -2.31. The number of methoxy groups -OCH3 is 1. The summed E-state index contributed by atoms with van der Waals surface area (Å²) in [6, 6.07) is 8.50. The van der Waals surface area contributed by atoms with Crippen molar-refractivity contribution in [2.24, 2.45) is 0 Å². The Morgan fingerprint density at radius 1 is 1.00 bits per heavy atom. The maximum atomic E-state index is 6.51. The average Bonchev–Trinajstić information content (AvgIpc) is 2.86. The van der Waals surface area contributed by atoms with Gasteiger partial charge in [-0.2, -0.15) is 0 Å². The van der Waals surface area contributed by atoms with E-state index in [1.807, 2.05) is 12.1 Å². The lowest BCUT2D eigenvalue weighted by molar-refractivity contribution is 0.122. The minimum atomic E-state index is 0.169. The number of morpholine rings is 1. The molecule has 2 aromatic heterocycles. The molecule has 0 spiro atoms. The van der Waals surface area contributed by atoms with E-state index in [4.69, 9.17) is 14.2 Å². The number of anilines is 2. The molecule has 1 saturated heterocycles. The first-order valence-electron chi connectivity index (χ1n) is 11.3. The third kappa shape index (κ3) is 4.70. The van der Waals surface area contributed by atoms with E-state index < -0.39 is 0 Å². The monoisotopic (exact) mass is 435 g/mol. The van der Waals surface area contributed by atoms with Crippen LogP contribution < -0.4 is 19.7 Å².